The van der Waals surface area contributed by atoms with Crippen LogP contribution in [0.4, 0.5) is 10.2 Å². The van der Waals surface area contributed by atoms with Gasteiger partial charge in [0.1, 0.15) is 0 Å². The lowest BCUT2D eigenvalue weighted by Crippen LogP contribution is -1.97. The molecule has 0 saturated heterocycles. The van der Waals surface area contributed by atoms with Gasteiger partial charge in [-0.25, -0.2) is 10.5 Å². The van der Waals surface area contributed by atoms with E-state index in [-0.39, 0.29) is 5.92 Å². The first-order valence-corrected chi connectivity index (χ1v) is 6.17. The van der Waals surface area contributed by atoms with Crippen LogP contribution in [0.25, 0.3) is 11.1 Å². The van der Waals surface area contributed by atoms with Gasteiger partial charge in [-0.15, -0.1) is 4.48 Å². The molecule has 0 aliphatic rings. The molecule has 0 radical (unpaired) electrons. The highest BCUT2D eigenvalue weighted by Gasteiger charge is 2.13. The number of aromatic nitrogens is 1. The van der Waals surface area contributed by atoms with Crippen LogP contribution in [0, 0.1) is 0 Å². The molecule has 2 rings (SSSR count). The number of nitrogens with zero attached hydrogens (tertiary/aromatic N) is 1. The largest absolute Gasteiger partial charge is 0.481 e. The Hall–Kier alpha value is -2.10. The van der Waals surface area contributed by atoms with Crippen LogP contribution in [-0.4, -0.2) is 12.1 Å². The van der Waals surface area contributed by atoms with Crippen molar-refractivity contribution >= 4 is 5.69 Å². The third kappa shape index (κ3) is 2.67. The summed E-state index contributed by atoms with van der Waals surface area (Å²) in [6.45, 7) is 4.07. The maximum absolute atomic E-state index is 13.2. The van der Waals surface area contributed by atoms with Crippen molar-refractivity contribution in [1.29, 1.82) is 0 Å². The fourth-order valence-electron chi connectivity index (χ4n) is 2.09. The molecule has 0 spiro atoms. The number of nitrogens with one attached hydrogen (secondary N) is 1. The minimum absolute atomic E-state index is 0.238. The number of pyridine rings is 1. The zero-order chi connectivity index (χ0) is 13.8. The van der Waals surface area contributed by atoms with Gasteiger partial charge < -0.3 is 4.74 Å². The molecule has 0 atom stereocenters. The molecule has 0 aliphatic carbocycles. The van der Waals surface area contributed by atoms with E-state index < -0.39 is 0 Å². The van der Waals surface area contributed by atoms with Gasteiger partial charge >= 0.3 is 0 Å². The number of ether oxygens (including phenoxy) is 1. The molecule has 4 heteroatoms. The minimum Gasteiger partial charge on any atom is -0.481 e. The van der Waals surface area contributed by atoms with E-state index in [0.29, 0.717) is 11.6 Å². The molecule has 1 N–H and O–H groups in total. The highest BCUT2D eigenvalue weighted by Crippen LogP contribution is 2.35. The van der Waals surface area contributed by atoms with E-state index in [2.05, 4.69) is 4.98 Å². The fourth-order valence-corrected chi connectivity index (χ4v) is 2.09. The maximum atomic E-state index is 13.2. The van der Waals surface area contributed by atoms with Crippen LogP contribution in [0.3, 0.4) is 0 Å². The number of para-hydroxylation sites is 1. The Labute approximate surface area is 112 Å². The molecule has 0 aliphatic heterocycles. The summed E-state index contributed by atoms with van der Waals surface area (Å²) in [7, 11) is 1.56. The van der Waals surface area contributed by atoms with Crippen molar-refractivity contribution in [3.05, 3.63) is 42.1 Å². The third-order valence-electron chi connectivity index (χ3n) is 3.07. The molecular weight excluding hydrogens is 243 g/mol. The summed E-state index contributed by atoms with van der Waals surface area (Å²) in [5.74, 6) is 0.749. The zero-order valence-electron chi connectivity index (χ0n) is 11.3. The van der Waals surface area contributed by atoms with Crippen LogP contribution in [0.2, 0.25) is 0 Å². The molecule has 1 aromatic carbocycles. The summed E-state index contributed by atoms with van der Waals surface area (Å²) in [5.41, 5.74) is 4.94. The Morgan fingerprint density at radius 1 is 1.26 bits per heavy atom. The smallest absolute Gasteiger partial charge is 0.213 e. The lowest BCUT2D eigenvalue weighted by atomic mass is 9.95. The lowest BCUT2D eigenvalue weighted by molar-refractivity contribution is 0.398. The van der Waals surface area contributed by atoms with Crippen LogP contribution in [0.5, 0.6) is 5.88 Å². The molecular formula is C15H17FN2O. The first kappa shape index (κ1) is 13.3. The van der Waals surface area contributed by atoms with Gasteiger partial charge in [-0.3, -0.25) is 0 Å². The zero-order valence-corrected chi connectivity index (χ0v) is 11.3. The van der Waals surface area contributed by atoms with Crippen LogP contribution in [0.15, 0.2) is 36.5 Å². The molecule has 0 unspecified atom stereocenters. The predicted molar refractivity (Wildman–Crippen MR) is 75.0 cm³/mol. The van der Waals surface area contributed by atoms with Crippen molar-refractivity contribution in [1.82, 2.24) is 4.98 Å². The number of methoxy groups -OCH3 is 1. The van der Waals surface area contributed by atoms with Crippen LogP contribution in [-0.2, 0) is 0 Å². The summed E-state index contributed by atoms with van der Waals surface area (Å²) >= 11 is 0. The van der Waals surface area contributed by atoms with E-state index in [4.69, 9.17) is 4.74 Å². The van der Waals surface area contributed by atoms with Crippen molar-refractivity contribution in [3.63, 3.8) is 0 Å². The van der Waals surface area contributed by atoms with Gasteiger partial charge in [-0.05, 0) is 23.1 Å². The second-order valence-corrected chi connectivity index (χ2v) is 4.61. The summed E-state index contributed by atoms with van der Waals surface area (Å²) in [6, 6.07) is 9.36. The molecule has 3 nitrogen and oxygen atoms in total. The predicted octanol–water partition coefficient (Wildman–Crippen LogP) is 4.18. The minimum atomic E-state index is 0.238. The molecule has 1 heterocycles. The Morgan fingerprint density at radius 3 is 2.68 bits per heavy atom. The topological polar surface area (TPSA) is 34.1 Å². The molecule has 2 aromatic rings. The first-order chi connectivity index (χ1) is 9.17. The number of rotatable bonds is 4. The standard InChI is InChI=1S/C15H17FN2O/c1-10(2)12-5-4-6-13(15(12)18-16)11-7-8-17-14(9-11)19-3/h4-10,18H,1-3H3. The van der Waals surface area contributed by atoms with Crippen molar-refractivity contribution in [2.45, 2.75) is 19.8 Å². The van der Waals surface area contributed by atoms with Gasteiger partial charge in [0, 0.05) is 17.8 Å². The quantitative estimate of drug-likeness (QED) is 0.837. The first-order valence-electron chi connectivity index (χ1n) is 6.17. The van der Waals surface area contributed by atoms with E-state index in [0.717, 1.165) is 16.7 Å². The van der Waals surface area contributed by atoms with Gasteiger partial charge in [-0.2, -0.15) is 0 Å². The van der Waals surface area contributed by atoms with E-state index >= 15 is 0 Å². The number of benzene rings is 1. The van der Waals surface area contributed by atoms with Crippen molar-refractivity contribution in [2.75, 3.05) is 12.6 Å². The van der Waals surface area contributed by atoms with Crippen LogP contribution < -0.4 is 10.3 Å². The molecule has 100 valence electrons. The van der Waals surface area contributed by atoms with Crippen LogP contribution >= 0.6 is 0 Å². The highest BCUT2D eigenvalue weighted by molar-refractivity contribution is 5.80. The van der Waals surface area contributed by atoms with E-state index in [1.807, 2.05) is 43.7 Å². The number of halogens is 1. The monoisotopic (exact) mass is 260 g/mol. The van der Waals surface area contributed by atoms with Crippen molar-refractivity contribution in [3.8, 4) is 17.0 Å². The highest BCUT2D eigenvalue weighted by atomic mass is 19.2. The summed E-state index contributed by atoms with van der Waals surface area (Å²) in [5, 5.41) is 0. The molecule has 0 fully saturated rings. The third-order valence-corrected chi connectivity index (χ3v) is 3.07. The van der Waals surface area contributed by atoms with E-state index in [9.17, 15) is 4.48 Å². The SMILES string of the molecule is COc1cc(-c2cccc(C(C)C)c2NF)ccn1. The molecule has 0 bridgehead atoms. The Morgan fingerprint density at radius 2 is 2.05 bits per heavy atom. The average molecular weight is 260 g/mol. The molecule has 1 aromatic heterocycles. The van der Waals surface area contributed by atoms with Crippen molar-refractivity contribution in [2.24, 2.45) is 0 Å². The van der Waals surface area contributed by atoms with E-state index in [1.165, 1.54) is 0 Å². The normalized spacial score (nSPS) is 10.6. The Balaban J connectivity index is 2.58. The molecule has 0 amide bonds. The summed E-state index contributed by atoms with van der Waals surface area (Å²) in [4.78, 5) is 4.06. The summed E-state index contributed by atoms with van der Waals surface area (Å²) < 4.78 is 18.3. The van der Waals surface area contributed by atoms with Crippen LogP contribution in [0.1, 0.15) is 25.3 Å². The second kappa shape index (κ2) is 5.69. The average Bonchev–Trinajstić information content (AvgIpc) is 2.46. The fraction of sp³-hybridized carbons (Fsp3) is 0.267. The second-order valence-electron chi connectivity index (χ2n) is 4.61. The van der Waals surface area contributed by atoms with Gasteiger partial charge in [0.2, 0.25) is 5.88 Å². The molecule has 0 saturated carbocycles. The van der Waals surface area contributed by atoms with Crippen molar-refractivity contribution < 1.29 is 9.22 Å². The summed E-state index contributed by atoms with van der Waals surface area (Å²) in [6.07, 6.45) is 1.65. The maximum Gasteiger partial charge on any atom is 0.213 e. The molecule has 19 heavy (non-hydrogen) atoms. The lowest BCUT2D eigenvalue weighted by Gasteiger charge is -2.15. The Bertz CT molecular complexity index is 570. The number of hydrogen-bond donors (Lipinski definition) is 1. The Kier molecular flexibility index (Phi) is 4.00. The van der Waals surface area contributed by atoms with Gasteiger partial charge in [0.05, 0.1) is 12.8 Å². The van der Waals surface area contributed by atoms with Gasteiger partial charge in [-0.1, -0.05) is 32.0 Å². The van der Waals surface area contributed by atoms with Gasteiger partial charge in [0.15, 0.2) is 0 Å². The number of anilines is 1. The van der Waals surface area contributed by atoms with Gasteiger partial charge in [0.25, 0.3) is 0 Å². The number of hydrogen-bond acceptors (Lipinski definition) is 3. The van der Waals surface area contributed by atoms with E-state index in [1.54, 1.807) is 19.4 Å².